The maximum absolute atomic E-state index is 12.5. The van der Waals surface area contributed by atoms with Gasteiger partial charge in [-0.2, -0.15) is 0 Å². The Balaban J connectivity index is 1.75. The first kappa shape index (κ1) is 19.9. The molecule has 0 radical (unpaired) electrons. The summed E-state index contributed by atoms with van der Waals surface area (Å²) in [5.41, 5.74) is 0.144. The van der Waals surface area contributed by atoms with Crippen LogP contribution < -0.4 is 10.0 Å². The van der Waals surface area contributed by atoms with Gasteiger partial charge < -0.3 is 0 Å². The molecule has 3 rings (SSSR count). The van der Waals surface area contributed by atoms with Crippen molar-refractivity contribution in [1.82, 2.24) is 14.9 Å². The molecule has 146 valence electrons. The minimum atomic E-state index is -3.94. The van der Waals surface area contributed by atoms with E-state index in [0.717, 1.165) is 5.01 Å². The lowest BCUT2D eigenvalue weighted by Crippen LogP contribution is -2.35. The fourth-order valence-electron chi connectivity index (χ4n) is 2.60. The smallest absolute Gasteiger partial charge is 0.257 e. The van der Waals surface area contributed by atoms with Crippen LogP contribution in [0.1, 0.15) is 28.7 Å². The molecule has 12 heteroatoms. The number of hydrogen-bond acceptors (Lipinski definition) is 8. The van der Waals surface area contributed by atoms with Crippen LogP contribution in [0.3, 0.4) is 0 Å². The number of benzene rings is 1. The van der Waals surface area contributed by atoms with Gasteiger partial charge in [0, 0.05) is 11.6 Å². The summed E-state index contributed by atoms with van der Waals surface area (Å²) in [5, 5.41) is 11.5. The number of amides is 1. The minimum Gasteiger partial charge on any atom is -0.296 e. The zero-order valence-electron chi connectivity index (χ0n) is 14.4. The Morgan fingerprint density at radius 1 is 1.33 bits per heavy atom. The van der Waals surface area contributed by atoms with Crippen LogP contribution in [0.2, 0.25) is 0 Å². The molecule has 9 nitrogen and oxygen atoms in total. The molecule has 1 atom stereocenters. The van der Waals surface area contributed by atoms with Crippen molar-refractivity contribution in [3.05, 3.63) is 34.8 Å². The number of aryl methyl sites for hydroxylation is 1. The standard InChI is InChI=1S/C15H18N4O5S3/c1-2-13-17-18-15(25-13)16-14(20)10-4-3-5-12(8-10)27(23,24)19-11-6-7-26(21,22)9-11/h3-5,8,11,19H,2,6-7,9H2,1H3,(H,16,18,20)/t11-/m0/s1. The lowest BCUT2D eigenvalue weighted by Gasteiger charge is -2.12. The molecule has 1 aliphatic rings. The summed E-state index contributed by atoms with van der Waals surface area (Å²) in [4.78, 5) is 12.2. The first-order valence-corrected chi connectivity index (χ1v) is 12.3. The van der Waals surface area contributed by atoms with Crippen LogP contribution in [0.15, 0.2) is 29.2 Å². The molecule has 0 bridgehead atoms. The maximum atomic E-state index is 12.5. The van der Waals surface area contributed by atoms with Crippen LogP contribution in [-0.2, 0) is 26.3 Å². The SMILES string of the molecule is CCc1nnc(NC(=O)c2cccc(S(=O)(=O)N[C@H]3CCS(=O)(=O)C3)c2)s1. The number of hydrogen-bond donors (Lipinski definition) is 2. The molecule has 1 fully saturated rings. The molecule has 0 saturated carbocycles. The highest BCUT2D eigenvalue weighted by atomic mass is 32.2. The molecule has 0 spiro atoms. The van der Waals surface area contributed by atoms with Crippen molar-refractivity contribution in [2.75, 3.05) is 16.8 Å². The van der Waals surface area contributed by atoms with E-state index in [4.69, 9.17) is 0 Å². The Morgan fingerprint density at radius 2 is 2.11 bits per heavy atom. The predicted molar refractivity (Wildman–Crippen MR) is 101 cm³/mol. The van der Waals surface area contributed by atoms with Crippen molar-refractivity contribution >= 4 is 42.2 Å². The molecule has 1 amide bonds. The quantitative estimate of drug-likeness (QED) is 0.692. The van der Waals surface area contributed by atoms with Crippen molar-refractivity contribution in [2.45, 2.75) is 30.7 Å². The molecule has 0 aliphatic carbocycles. The summed E-state index contributed by atoms with van der Waals surface area (Å²) < 4.78 is 50.4. The third-order valence-electron chi connectivity index (χ3n) is 3.95. The summed E-state index contributed by atoms with van der Waals surface area (Å²) in [5.74, 6) is -0.762. The van der Waals surface area contributed by atoms with Gasteiger partial charge in [0.2, 0.25) is 15.2 Å². The third-order valence-corrected chi connectivity index (χ3v) is 8.22. The van der Waals surface area contributed by atoms with Gasteiger partial charge in [-0.05, 0) is 31.0 Å². The summed E-state index contributed by atoms with van der Waals surface area (Å²) in [6.07, 6.45) is 0.933. The van der Waals surface area contributed by atoms with Gasteiger partial charge in [0.15, 0.2) is 9.84 Å². The Kier molecular flexibility index (Phi) is 5.60. The second kappa shape index (κ2) is 7.62. The molecule has 1 saturated heterocycles. The van der Waals surface area contributed by atoms with Crippen LogP contribution in [0.25, 0.3) is 0 Å². The van der Waals surface area contributed by atoms with Crippen LogP contribution in [-0.4, -0.2) is 50.5 Å². The molecule has 1 aliphatic heterocycles. The van der Waals surface area contributed by atoms with Gasteiger partial charge in [-0.3, -0.25) is 10.1 Å². The van der Waals surface area contributed by atoms with Gasteiger partial charge in [-0.1, -0.05) is 24.3 Å². The number of rotatable bonds is 6. The monoisotopic (exact) mass is 430 g/mol. The zero-order valence-corrected chi connectivity index (χ0v) is 16.8. The van der Waals surface area contributed by atoms with Gasteiger partial charge in [-0.15, -0.1) is 10.2 Å². The van der Waals surface area contributed by atoms with E-state index in [1.54, 1.807) is 0 Å². The number of nitrogens with zero attached hydrogens (tertiary/aromatic N) is 2. The second-order valence-corrected chi connectivity index (χ2v) is 11.1. The fraction of sp³-hybridized carbons (Fsp3) is 0.400. The van der Waals surface area contributed by atoms with Gasteiger partial charge in [0.05, 0.1) is 16.4 Å². The number of sulfone groups is 1. The number of sulfonamides is 1. The maximum Gasteiger partial charge on any atom is 0.257 e. The number of carbonyl (C=O) groups excluding carboxylic acids is 1. The van der Waals surface area contributed by atoms with E-state index in [1.807, 2.05) is 6.92 Å². The Labute approximate surface area is 161 Å². The normalized spacial score (nSPS) is 19.1. The summed E-state index contributed by atoms with van der Waals surface area (Å²) in [7, 11) is -7.15. The third kappa shape index (κ3) is 4.89. The Bertz CT molecular complexity index is 1060. The van der Waals surface area contributed by atoms with E-state index in [2.05, 4.69) is 20.2 Å². The molecular weight excluding hydrogens is 412 g/mol. The van der Waals surface area contributed by atoms with E-state index in [0.29, 0.717) is 11.6 Å². The number of nitrogens with one attached hydrogen (secondary N) is 2. The highest BCUT2D eigenvalue weighted by Crippen LogP contribution is 2.19. The van der Waals surface area contributed by atoms with E-state index in [9.17, 15) is 21.6 Å². The summed E-state index contributed by atoms with van der Waals surface area (Å²) >= 11 is 1.25. The average molecular weight is 431 g/mol. The van der Waals surface area contributed by atoms with Gasteiger partial charge in [-0.25, -0.2) is 21.6 Å². The molecule has 0 unspecified atom stereocenters. The van der Waals surface area contributed by atoms with Crippen molar-refractivity contribution in [1.29, 1.82) is 0 Å². The Morgan fingerprint density at radius 3 is 2.74 bits per heavy atom. The molecule has 2 N–H and O–H groups in total. The van der Waals surface area contributed by atoms with Crippen LogP contribution in [0.4, 0.5) is 5.13 Å². The molecule has 2 aromatic rings. The lowest BCUT2D eigenvalue weighted by atomic mass is 10.2. The minimum absolute atomic E-state index is 0.0375. The highest BCUT2D eigenvalue weighted by molar-refractivity contribution is 7.92. The molecule has 2 heterocycles. The number of aromatic nitrogens is 2. The zero-order chi connectivity index (χ0) is 19.7. The lowest BCUT2D eigenvalue weighted by molar-refractivity contribution is 0.102. The van der Waals surface area contributed by atoms with Crippen molar-refractivity contribution in [3.8, 4) is 0 Å². The first-order valence-electron chi connectivity index (χ1n) is 8.15. The number of carbonyl (C=O) groups is 1. The highest BCUT2D eigenvalue weighted by Gasteiger charge is 2.31. The summed E-state index contributed by atoms with van der Waals surface area (Å²) in [6, 6.07) is 4.86. The molecular formula is C15H18N4O5S3. The molecule has 1 aromatic heterocycles. The van der Waals surface area contributed by atoms with E-state index in [-0.39, 0.29) is 28.4 Å². The topological polar surface area (TPSA) is 135 Å². The van der Waals surface area contributed by atoms with Gasteiger partial charge >= 0.3 is 0 Å². The van der Waals surface area contributed by atoms with Crippen LogP contribution in [0, 0.1) is 0 Å². The van der Waals surface area contributed by atoms with Crippen LogP contribution in [0.5, 0.6) is 0 Å². The second-order valence-electron chi connectivity index (χ2n) is 6.06. The van der Waals surface area contributed by atoms with Crippen molar-refractivity contribution < 1.29 is 21.6 Å². The van der Waals surface area contributed by atoms with E-state index >= 15 is 0 Å². The Hall–Kier alpha value is -1.89. The first-order chi connectivity index (χ1) is 12.7. The average Bonchev–Trinajstić information content (AvgIpc) is 3.20. The number of anilines is 1. The van der Waals surface area contributed by atoms with E-state index < -0.39 is 31.8 Å². The van der Waals surface area contributed by atoms with Crippen molar-refractivity contribution in [2.24, 2.45) is 0 Å². The van der Waals surface area contributed by atoms with Gasteiger partial charge in [0.25, 0.3) is 5.91 Å². The van der Waals surface area contributed by atoms with Gasteiger partial charge in [0.1, 0.15) is 5.01 Å². The molecule has 27 heavy (non-hydrogen) atoms. The van der Waals surface area contributed by atoms with E-state index in [1.165, 1.54) is 35.6 Å². The van der Waals surface area contributed by atoms with Crippen LogP contribution >= 0.6 is 11.3 Å². The predicted octanol–water partition coefficient (Wildman–Crippen LogP) is 0.818. The summed E-state index contributed by atoms with van der Waals surface area (Å²) in [6.45, 7) is 1.92. The molecule has 1 aromatic carbocycles. The fourth-order valence-corrected chi connectivity index (χ4v) is 6.37. The largest absolute Gasteiger partial charge is 0.296 e. The van der Waals surface area contributed by atoms with Crippen molar-refractivity contribution in [3.63, 3.8) is 0 Å².